The summed E-state index contributed by atoms with van der Waals surface area (Å²) in [6.45, 7) is 2.58. The molecule has 0 saturated carbocycles. The van der Waals surface area contributed by atoms with E-state index >= 15 is 0 Å². The molecule has 8 heteroatoms. The van der Waals surface area contributed by atoms with Crippen molar-refractivity contribution >= 4 is 44.9 Å². The summed E-state index contributed by atoms with van der Waals surface area (Å²) in [5, 5.41) is 6.16. The zero-order valence-electron chi connectivity index (χ0n) is 9.50. The SMILES string of the molecule is CCCNC1=NS(=O)(=O)c2c(Cl)cc(Cl)cc2N1. The Morgan fingerprint density at radius 3 is 2.78 bits per heavy atom. The van der Waals surface area contributed by atoms with Gasteiger partial charge in [0.1, 0.15) is 4.90 Å². The molecule has 0 atom stereocenters. The second kappa shape index (κ2) is 4.95. The molecule has 0 fully saturated rings. The van der Waals surface area contributed by atoms with E-state index in [1.807, 2.05) is 6.92 Å². The van der Waals surface area contributed by atoms with Gasteiger partial charge >= 0.3 is 0 Å². The standard InChI is InChI=1S/C10H11Cl2N3O2S/c1-2-3-13-10-14-8-5-6(11)4-7(12)9(8)18(16,17)15-10/h4-5H,2-3H2,1H3,(H2,13,14,15). The van der Waals surface area contributed by atoms with Gasteiger partial charge in [0.2, 0.25) is 5.96 Å². The van der Waals surface area contributed by atoms with Crippen molar-refractivity contribution in [2.45, 2.75) is 18.2 Å². The molecule has 2 N–H and O–H groups in total. The zero-order valence-corrected chi connectivity index (χ0v) is 11.8. The fourth-order valence-electron chi connectivity index (χ4n) is 1.55. The lowest BCUT2D eigenvalue weighted by Gasteiger charge is -2.19. The van der Waals surface area contributed by atoms with Crippen LogP contribution in [0.5, 0.6) is 0 Å². The molecule has 0 amide bonds. The number of fused-ring (bicyclic) bond motifs is 1. The predicted molar refractivity (Wildman–Crippen MR) is 73.0 cm³/mol. The number of hydrogen-bond acceptors (Lipinski definition) is 4. The number of halogens is 2. The summed E-state index contributed by atoms with van der Waals surface area (Å²) in [6, 6.07) is 2.88. The smallest absolute Gasteiger partial charge is 0.289 e. The van der Waals surface area contributed by atoms with Crippen molar-refractivity contribution in [3.05, 3.63) is 22.2 Å². The second-order valence-corrected chi connectivity index (χ2v) is 6.12. The van der Waals surface area contributed by atoms with Gasteiger partial charge in [0.15, 0.2) is 0 Å². The van der Waals surface area contributed by atoms with Gasteiger partial charge in [0, 0.05) is 11.6 Å². The minimum absolute atomic E-state index is 0.0457. The maximum absolute atomic E-state index is 12.0. The Balaban J connectivity index is 2.48. The lowest BCUT2D eigenvalue weighted by molar-refractivity contribution is 0.597. The molecule has 0 unspecified atom stereocenters. The van der Waals surface area contributed by atoms with Crippen molar-refractivity contribution in [3.8, 4) is 0 Å². The molecule has 1 aliphatic rings. The second-order valence-electron chi connectivity index (χ2n) is 3.73. The van der Waals surface area contributed by atoms with Crippen molar-refractivity contribution < 1.29 is 8.42 Å². The van der Waals surface area contributed by atoms with Gasteiger partial charge in [0.25, 0.3) is 10.0 Å². The Morgan fingerprint density at radius 1 is 1.39 bits per heavy atom. The quantitative estimate of drug-likeness (QED) is 0.880. The van der Waals surface area contributed by atoms with Crippen LogP contribution in [0.4, 0.5) is 5.69 Å². The summed E-state index contributed by atoms with van der Waals surface area (Å²) >= 11 is 11.7. The van der Waals surface area contributed by atoms with Crippen molar-refractivity contribution in [2.75, 3.05) is 11.9 Å². The summed E-state index contributed by atoms with van der Waals surface area (Å²) in [6.07, 6.45) is 0.851. The third kappa shape index (κ3) is 2.55. The van der Waals surface area contributed by atoms with Crippen LogP contribution in [0.1, 0.15) is 13.3 Å². The van der Waals surface area contributed by atoms with E-state index in [2.05, 4.69) is 15.0 Å². The van der Waals surface area contributed by atoms with Crippen LogP contribution in [0.15, 0.2) is 21.4 Å². The molecular weight excluding hydrogens is 297 g/mol. The van der Waals surface area contributed by atoms with E-state index < -0.39 is 10.0 Å². The molecule has 0 aromatic heterocycles. The van der Waals surface area contributed by atoms with E-state index in [1.54, 1.807) is 0 Å². The average Bonchev–Trinajstić information content (AvgIpc) is 2.23. The molecule has 0 radical (unpaired) electrons. The van der Waals surface area contributed by atoms with E-state index in [0.717, 1.165) is 6.42 Å². The van der Waals surface area contributed by atoms with Crippen LogP contribution in [0, 0.1) is 0 Å². The average molecular weight is 308 g/mol. The third-order valence-corrected chi connectivity index (χ3v) is 4.28. The normalized spacial score (nSPS) is 16.5. The number of hydrogen-bond donors (Lipinski definition) is 2. The molecule has 0 spiro atoms. The van der Waals surface area contributed by atoms with Crippen molar-refractivity contribution in [3.63, 3.8) is 0 Å². The molecule has 1 heterocycles. The van der Waals surface area contributed by atoms with E-state index in [9.17, 15) is 8.42 Å². The van der Waals surface area contributed by atoms with Gasteiger partial charge in [0.05, 0.1) is 10.7 Å². The number of anilines is 1. The third-order valence-electron chi connectivity index (χ3n) is 2.27. The molecule has 18 heavy (non-hydrogen) atoms. The number of nitrogens with one attached hydrogen (secondary N) is 2. The lowest BCUT2D eigenvalue weighted by atomic mass is 10.3. The number of rotatable bonds is 2. The summed E-state index contributed by atoms with van der Waals surface area (Å²) < 4.78 is 27.6. The first kappa shape index (κ1) is 13.5. The highest BCUT2D eigenvalue weighted by molar-refractivity contribution is 7.90. The molecule has 98 valence electrons. The highest BCUT2D eigenvalue weighted by atomic mass is 35.5. The summed E-state index contributed by atoms with van der Waals surface area (Å²) in [5.41, 5.74) is 0.334. The fourth-order valence-corrected chi connectivity index (χ4v) is 3.47. The summed E-state index contributed by atoms with van der Waals surface area (Å²) in [4.78, 5) is -0.0457. The number of benzene rings is 1. The fraction of sp³-hybridized carbons (Fsp3) is 0.300. The molecule has 1 aromatic carbocycles. The first-order valence-corrected chi connectivity index (χ1v) is 7.48. The van der Waals surface area contributed by atoms with E-state index in [-0.39, 0.29) is 15.9 Å². The molecule has 0 bridgehead atoms. The van der Waals surface area contributed by atoms with Crippen molar-refractivity contribution in [1.29, 1.82) is 0 Å². The maximum Gasteiger partial charge on any atom is 0.289 e. The van der Waals surface area contributed by atoms with Gasteiger partial charge in [-0.2, -0.15) is 8.42 Å². The molecule has 1 aliphatic heterocycles. The van der Waals surface area contributed by atoms with E-state index in [4.69, 9.17) is 23.2 Å². The van der Waals surface area contributed by atoms with Gasteiger partial charge in [-0.3, -0.25) is 0 Å². The zero-order chi connectivity index (χ0) is 13.3. The molecule has 0 saturated heterocycles. The Kier molecular flexibility index (Phi) is 3.70. The van der Waals surface area contributed by atoms with E-state index in [0.29, 0.717) is 17.3 Å². The van der Waals surface area contributed by atoms with Crippen LogP contribution in [-0.4, -0.2) is 20.9 Å². The molecular formula is C10H11Cl2N3O2S. The number of guanidine groups is 1. The lowest BCUT2D eigenvalue weighted by Crippen LogP contribution is -2.35. The maximum atomic E-state index is 12.0. The van der Waals surface area contributed by atoms with Crippen LogP contribution in [0.3, 0.4) is 0 Å². The first-order chi connectivity index (χ1) is 8.44. The Labute approximate surface area is 115 Å². The largest absolute Gasteiger partial charge is 0.355 e. The van der Waals surface area contributed by atoms with Gasteiger partial charge < -0.3 is 10.6 Å². The minimum atomic E-state index is -3.80. The number of nitrogens with zero attached hydrogens (tertiary/aromatic N) is 1. The van der Waals surface area contributed by atoms with Gasteiger partial charge in [-0.25, -0.2) is 0 Å². The predicted octanol–water partition coefficient (Wildman–Crippen LogP) is 2.46. The Morgan fingerprint density at radius 2 is 2.11 bits per heavy atom. The van der Waals surface area contributed by atoms with Gasteiger partial charge in [-0.05, 0) is 18.6 Å². The molecule has 1 aromatic rings. The summed E-state index contributed by atoms with van der Waals surface area (Å²) in [7, 11) is -3.80. The van der Waals surface area contributed by atoms with Gasteiger partial charge in [-0.15, -0.1) is 4.40 Å². The minimum Gasteiger partial charge on any atom is -0.355 e. The van der Waals surface area contributed by atoms with Crippen LogP contribution >= 0.6 is 23.2 Å². The highest BCUT2D eigenvalue weighted by Crippen LogP contribution is 2.36. The molecule has 0 aliphatic carbocycles. The van der Waals surface area contributed by atoms with Crippen molar-refractivity contribution in [2.24, 2.45) is 4.40 Å². The Hall–Kier alpha value is -0.980. The molecule has 2 rings (SSSR count). The van der Waals surface area contributed by atoms with Gasteiger partial charge in [-0.1, -0.05) is 30.1 Å². The monoisotopic (exact) mass is 307 g/mol. The van der Waals surface area contributed by atoms with E-state index in [1.165, 1.54) is 12.1 Å². The topological polar surface area (TPSA) is 70.6 Å². The number of sulfonamides is 1. The summed E-state index contributed by atoms with van der Waals surface area (Å²) in [5.74, 6) is 0.183. The van der Waals surface area contributed by atoms with Crippen LogP contribution in [0.2, 0.25) is 10.0 Å². The molecule has 5 nitrogen and oxygen atoms in total. The van der Waals surface area contributed by atoms with Crippen LogP contribution in [0.25, 0.3) is 0 Å². The van der Waals surface area contributed by atoms with Crippen molar-refractivity contribution in [1.82, 2.24) is 5.32 Å². The van der Waals surface area contributed by atoms with Crippen LogP contribution in [-0.2, 0) is 10.0 Å². The van der Waals surface area contributed by atoms with Crippen LogP contribution < -0.4 is 10.6 Å². The highest BCUT2D eigenvalue weighted by Gasteiger charge is 2.28. The first-order valence-electron chi connectivity index (χ1n) is 5.29. The Bertz CT molecular complexity index is 614.